The Morgan fingerprint density at radius 3 is 2.55 bits per heavy atom. The van der Waals surface area contributed by atoms with Crippen molar-refractivity contribution < 1.29 is 22.4 Å². The van der Waals surface area contributed by atoms with E-state index < -0.39 is 11.7 Å². The molecule has 20 heavy (non-hydrogen) atoms. The van der Waals surface area contributed by atoms with Crippen LogP contribution >= 0.6 is 15.9 Å². The monoisotopic (exact) mass is 346 g/mol. The molecule has 0 unspecified atom stereocenters. The van der Waals surface area contributed by atoms with Gasteiger partial charge in [-0.2, -0.15) is 13.2 Å². The summed E-state index contributed by atoms with van der Waals surface area (Å²) in [6.07, 6.45) is -4.18. The Balaban J connectivity index is 2.44. The molecule has 0 amide bonds. The number of hydrogen-bond donors (Lipinski definition) is 0. The van der Waals surface area contributed by atoms with Crippen LogP contribution in [0.2, 0.25) is 0 Å². The summed E-state index contributed by atoms with van der Waals surface area (Å²) in [5, 5.41) is 0. The lowest BCUT2D eigenvalue weighted by Crippen LogP contribution is -2.06. The van der Waals surface area contributed by atoms with Crippen LogP contribution in [0, 0.1) is 0 Å². The van der Waals surface area contributed by atoms with Gasteiger partial charge in [-0.3, -0.25) is 4.79 Å². The van der Waals surface area contributed by atoms with E-state index in [1.807, 2.05) is 0 Å². The highest BCUT2D eigenvalue weighted by molar-refractivity contribution is 9.10. The van der Waals surface area contributed by atoms with Crippen LogP contribution in [0.4, 0.5) is 13.2 Å². The molecular formula is C14H10BrF3O2. The summed E-state index contributed by atoms with van der Waals surface area (Å²) in [4.78, 5) is 11.5. The van der Waals surface area contributed by atoms with Gasteiger partial charge in [0.2, 0.25) is 0 Å². The molecule has 1 aromatic heterocycles. The van der Waals surface area contributed by atoms with Crippen LogP contribution < -0.4 is 0 Å². The molecule has 0 spiro atoms. The van der Waals surface area contributed by atoms with E-state index in [4.69, 9.17) is 4.42 Å². The van der Waals surface area contributed by atoms with Crippen molar-refractivity contribution in [3.63, 3.8) is 0 Å². The fraction of sp³-hybridized carbons (Fsp3) is 0.214. The van der Waals surface area contributed by atoms with Crippen molar-refractivity contribution in [3.8, 4) is 11.3 Å². The van der Waals surface area contributed by atoms with Gasteiger partial charge >= 0.3 is 6.18 Å². The first-order chi connectivity index (χ1) is 9.32. The third-order valence-corrected chi connectivity index (χ3v) is 3.45. The van der Waals surface area contributed by atoms with E-state index in [9.17, 15) is 18.0 Å². The van der Waals surface area contributed by atoms with Gasteiger partial charge in [0, 0.05) is 16.5 Å². The fourth-order valence-corrected chi connectivity index (χ4v) is 2.18. The predicted molar refractivity (Wildman–Crippen MR) is 71.5 cm³/mol. The Kier molecular flexibility index (Phi) is 4.04. The largest absolute Gasteiger partial charge is 0.453 e. The van der Waals surface area contributed by atoms with E-state index in [0.717, 1.165) is 6.07 Å². The molecule has 0 aliphatic carbocycles. The highest BCUT2D eigenvalue weighted by Crippen LogP contribution is 2.37. The Morgan fingerprint density at radius 1 is 1.25 bits per heavy atom. The number of furan rings is 1. The number of benzene rings is 1. The zero-order chi connectivity index (χ0) is 14.9. The Morgan fingerprint density at radius 2 is 1.95 bits per heavy atom. The molecule has 1 heterocycles. The van der Waals surface area contributed by atoms with Crippen LogP contribution in [0.1, 0.15) is 29.5 Å². The average Bonchev–Trinajstić information content (AvgIpc) is 2.86. The number of carbonyl (C=O) groups is 1. The number of halogens is 4. The van der Waals surface area contributed by atoms with Gasteiger partial charge in [0.25, 0.3) is 0 Å². The van der Waals surface area contributed by atoms with Crippen molar-refractivity contribution in [1.82, 2.24) is 0 Å². The summed E-state index contributed by atoms with van der Waals surface area (Å²) in [5.41, 5.74) is -0.509. The van der Waals surface area contributed by atoms with Crippen LogP contribution in [0.3, 0.4) is 0 Å². The van der Waals surface area contributed by atoms with Gasteiger partial charge in [0.05, 0.1) is 5.56 Å². The van der Waals surface area contributed by atoms with Crippen LogP contribution in [-0.4, -0.2) is 5.78 Å². The molecule has 0 radical (unpaired) electrons. The van der Waals surface area contributed by atoms with Crippen molar-refractivity contribution >= 4 is 21.7 Å². The van der Waals surface area contributed by atoms with E-state index >= 15 is 0 Å². The molecule has 0 aliphatic heterocycles. The zero-order valence-corrected chi connectivity index (χ0v) is 12.0. The number of Topliss-reactive ketones (excluding diaryl/α,β-unsaturated/α-hetero) is 1. The lowest BCUT2D eigenvalue weighted by Gasteiger charge is -2.10. The molecule has 0 bridgehead atoms. The van der Waals surface area contributed by atoms with Crippen LogP contribution in [0.5, 0.6) is 0 Å². The number of alkyl halides is 3. The molecule has 0 N–H and O–H groups in total. The average molecular weight is 347 g/mol. The smallest absolute Gasteiger partial charge is 0.417 e. The number of rotatable bonds is 3. The molecule has 0 fully saturated rings. The first-order valence-corrected chi connectivity index (χ1v) is 6.62. The van der Waals surface area contributed by atoms with Gasteiger partial charge in [-0.1, -0.05) is 28.9 Å². The normalized spacial score (nSPS) is 11.7. The Bertz CT molecular complexity index is 644. The summed E-state index contributed by atoms with van der Waals surface area (Å²) in [6.45, 7) is 1.69. The Labute approximate surface area is 121 Å². The first kappa shape index (κ1) is 14.8. The molecule has 106 valence electrons. The zero-order valence-electron chi connectivity index (χ0n) is 10.4. The van der Waals surface area contributed by atoms with Gasteiger partial charge < -0.3 is 4.42 Å². The Hall–Kier alpha value is -1.56. The van der Waals surface area contributed by atoms with Crippen LogP contribution in [0.25, 0.3) is 11.3 Å². The molecule has 6 heteroatoms. The predicted octanol–water partition coefficient (Wildman–Crippen LogP) is 5.32. The van der Waals surface area contributed by atoms with Crippen LogP contribution in [0.15, 0.2) is 39.2 Å². The number of hydrogen-bond acceptors (Lipinski definition) is 2. The van der Waals surface area contributed by atoms with E-state index in [2.05, 4.69) is 15.9 Å². The van der Waals surface area contributed by atoms with E-state index in [-0.39, 0.29) is 33.8 Å². The van der Waals surface area contributed by atoms with Gasteiger partial charge in [-0.05, 0) is 24.3 Å². The molecule has 2 rings (SSSR count). The summed E-state index contributed by atoms with van der Waals surface area (Å²) >= 11 is 2.87. The van der Waals surface area contributed by atoms with Gasteiger partial charge in [-0.15, -0.1) is 0 Å². The summed E-state index contributed by atoms with van der Waals surface area (Å²) < 4.78 is 43.7. The maximum absolute atomic E-state index is 12.8. The third kappa shape index (κ3) is 2.95. The van der Waals surface area contributed by atoms with Crippen molar-refractivity contribution in [2.24, 2.45) is 0 Å². The van der Waals surface area contributed by atoms with E-state index in [1.165, 1.54) is 24.3 Å². The second kappa shape index (κ2) is 5.44. The lowest BCUT2D eigenvalue weighted by molar-refractivity contribution is -0.138. The van der Waals surface area contributed by atoms with Crippen molar-refractivity contribution in [3.05, 3.63) is 46.1 Å². The van der Waals surface area contributed by atoms with Crippen molar-refractivity contribution in [2.45, 2.75) is 19.5 Å². The van der Waals surface area contributed by atoms with Crippen molar-refractivity contribution in [1.29, 1.82) is 0 Å². The highest BCUT2D eigenvalue weighted by Gasteiger charge is 2.33. The van der Waals surface area contributed by atoms with Gasteiger partial charge in [0.15, 0.2) is 11.5 Å². The molecule has 2 nitrogen and oxygen atoms in total. The fourth-order valence-electron chi connectivity index (χ4n) is 1.71. The van der Waals surface area contributed by atoms with Crippen LogP contribution in [-0.2, 0) is 6.18 Å². The molecular weight excluding hydrogens is 337 g/mol. The molecule has 0 atom stereocenters. The number of ketones is 1. The minimum Gasteiger partial charge on any atom is -0.453 e. The number of carbonyl (C=O) groups excluding carboxylic acids is 1. The lowest BCUT2D eigenvalue weighted by atomic mass is 10.1. The van der Waals surface area contributed by atoms with E-state index in [1.54, 1.807) is 6.92 Å². The summed E-state index contributed by atoms with van der Waals surface area (Å²) in [7, 11) is 0. The minimum absolute atomic E-state index is 0.0369. The molecule has 1 aromatic carbocycles. The third-order valence-electron chi connectivity index (χ3n) is 2.76. The second-order valence-corrected chi connectivity index (χ2v) is 4.99. The maximum Gasteiger partial charge on any atom is 0.417 e. The quantitative estimate of drug-likeness (QED) is 0.704. The maximum atomic E-state index is 12.8. The second-order valence-electron chi connectivity index (χ2n) is 4.13. The first-order valence-electron chi connectivity index (χ1n) is 5.83. The molecule has 0 saturated heterocycles. The molecule has 2 aromatic rings. The standard InChI is InChI=1S/C14H10BrF3O2/c1-2-11(19)13-6-5-12(20-13)8-3-4-10(15)9(7-8)14(16,17)18/h3-7H,2H2,1H3. The minimum atomic E-state index is -4.45. The SMILES string of the molecule is CCC(=O)c1ccc(-c2ccc(Br)c(C(F)(F)F)c2)o1. The van der Waals surface area contributed by atoms with Crippen molar-refractivity contribution in [2.75, 3.05) is 0 Å². The topological polar surface area (TPSA) is 30.2 Å². The molecule has 0 saturated carbocycles. The van der Waals surface area contributed by atoms with Gasteiger partial charge in [0.1, 0.15) is 5.76 Å². The van der Waals surface area contributed by atoms with Gasteiger partial charge in [-0.25, -0.2) is 0 Å². The van der Waals surface area contributed by atoms with E-state index in [0.29, 0.717) is 0 Å². The summed E-state index contributed by atoms with van der Waals surface area (Å²) in [6, 6.07) is 6.76. The highest BCUT2D eigenvalue weighted by atomic mass is 79.9. The molecule has 0 aliphatic rings. The summed E-state index contributed by atoms with van der Waals surface area (Å²) in [5.74, 6) is 0.197.